The Hall–Kier alpha value is -1.61. The van der Waals surface area contributed by atoms with E-state index in [9.17, 15) is 0 Å². The van der Waals surface area contributed by atoms with Crippen LogP contribution in [0.4, 0.5) is 0 Å². The number of nitrogens with zero attached hydrogens (tertiary/aromatic N) is 2. The number of rotatable bonds is 2. The van der Waals surface area contributed by atoms with Crippen LogP contribution in [0.2, 0.25) is 0 Å². The Morgan fingerprint density at radius 2 is 1.95 bits per heavy atom. The molecule has 0 amide bonds. The van der Waals surface area contributed by atoms with Crippen molar-refractivity contribution in [2.75, 3.05) is 0 Å². The molecule has 3 rings (SSSR count). The van der Waals surface area contributed by atoms with Crippen LogP contribution >= 0.6 is 0 Å². The molecule has 1 heterocycles. The van der Waals surface area contributed by atoms with E-state index in [0.717, 1.165) is 5.69 Å². The molecule has 0 fully saturated rings. The Morgan fingerprint density at radius 3 is 2.63 bits per heavy atom. The van der Waals surface area contributed by atoms with Gasteiger partial charge in [0.05, 0.1) is 11.4 Å². The highest BCUT2D eigenvalue weighted by molar-refractivity contribution is 5.66. The van der Waals surface area contributed by atoms with E-state index in [4.69, 9.17) is 5.73 Å². The molecule has 2 N–H and O–H groups in total. The second-order valence-corrected chi connectivity index (χ2v) is 5.44. The van der Waals surface area contributed by atoms with Gasteiger partial charge in [0.15, 0.2) is 0 Å². The van der Waals surface area contributed by atoms with Crippen molar-refractivity contribution in [1.29, 1.82) is 0 Å². The third-order valence-corrected chi connectivity index (χ3v) is 4.20. The minimum absolute atomic E-state index is 0.505. The van der Waals surface area contributed by atoms with Crippen LogP contribution in [0, 0.1) is 6.92 Å². The minimum atomic E-state index is 0.505. The van der Waals surface area contributed by atoms with Gasteiger partial charge in [-0.2, -0.15) is 5.10 Å². The second-order valence-electron chi connectivity index (χ2n) is 5.44. The molecule has 0 bridgehead atoms. The summed E-state index contributed by atoms with van der Waals surface area (Å²) in [4.78, 5) is 0. The van der Waals surface area contributed by atoms with Gasteiger partial charge in [-0.15, -0.1) is 0 Å². The predicted octanol–water partition coefficient (Wildman–Crippen LogP) is 2.73. The number of hydrogen-bond donors (Lipinski definition) is 1. The van der Waals surface area contributed by atoms with Crippen LogP contribution in [0.25, 0.3) is 11.3 Å². The Bertz CT molecular complexity index is 611. The van der Waals surface area contributed by atoms with Crippen molar-refractivity contribution in [3.63, 3.8) is 0 Å². The first kappa shape index (κ1) is 12.4. The van der Waals surface area contributed by atoms with E-state index in [1.165, 1.54) is 53.6 Å². The van der Waals surface area contributed by atoms with E-state index in [1.807, 2.05) is 11.7 Å². The van der Waals surface area contributed by atoms with Gasteiger partial charge in [-0.1, -0.05) is 12.1 Å². The monoisotopic (exact) mass is 255 g/mol. The number of fused-ring (bicyclic) bond motifs is 1. The Morgan fingerprint density at radius 1 is 1.21 bits per heavy atom. The van der Waals surface area contributed by atoms with E-state index in [1.54, 1.807) is 0 Å². The maximum atomic E-state index is 5.75. The van der Waals surface area contributed by atoms with Gasteiger partial charge >= 0.3 is 0 Å². The van der Waals surface area contributed by atoms with Crippen LogP contribution in [0.5, 0.6) is 0 Å². The second kappa shape index (κ2) is 4.82. The van der Waals surface area contributed by atoms with Crippen molar-refractivity contribution < 1.29 is 0 Å². The highest BCUT2D eigenvalue weighted by Crippen LogP contribution is 2.30. The maximum Gasteiger partial charge on any atom is 0.0795 e. The van der Waals surface area contributed by atoms with Gasteiger partial charge in [0, 0.05) is 19.2 Å². The summed E-state index contributed by atoms with van der Waals surface area (Å²) < 4.78 is 1.96. The van der Waals surface area contributed by atoms with Gasteiger partial charge in [-0.05, 0) is 55.4 Å². The first-order chi connectivity index (χ1) is 9.20. The molecule has 0 radical (unpaired) electrons. The van der Waals surface area contributed by atoms with E-state index >= 15 is 0 Å². The van der Waals surface area contributed by atoms with Crippen molar-refractivity contribution in [2.24, 2.45) is 12.8 Å². The van der Waals surface area contributed by atoms with Crippen molar-refractivity contribution in [2.45, 2.75) is 39.2 Å². The standard InChI is InChI=1S/C16H21N3/c1-11-15(10-17)18-19(2)16(11)14-8-7-12-5-3-4-6-13(12)9-14/h7-9H,3-6,10,17H2,1-2H3. The number of nitrogens with two attached hydrogens (primary N) is 1. The average Bonchev–Trinajstić information content (AvgIpc) is 2.73. The van der Waals surface area contributed by atoms with E-state index < -0.39 is 0 Å². The first-order valence-corrected chi connectivity index (χ1v) is 7.05. The summed E-state index contributed by atoms with van der Waals surface area (Å²) in [5.41, 5.74) is 13.5. The van der Waals surface area contributed by atoms with Crippen LogP contribution < -0.4 is 5.73 Å². The quantitative estimate of drug-likeness (QED) is 0.896. The minimum Gasteiger partial charge on any atom is -0.325 e. The third kappa shape index (κ3) is 2.08. The number of aryl methyl sites for hydroxylation is 3. The molecule has 0 aliphatic heterocycles. The topological polar surface area (TPSA) is 43.8 Å². The Labute approximate surface area is 114 Å². The number of hydrogen-bond acceptors (Lipinski definition) is 2. The maximum absolute atomic E-state index is 5.75. The fraction of sp³-hybridized carbons (Fsp3) is 0.438. The molecule has 2 aromatic rings. The van der Waals surface area contributed by atoms with Crippen LogP contribution in [0.1, 0.15) is 35.2 Å². The predicted molar refractivity (Wildman–Crippen MR) is 77.9 cm³/mol. The number of benzene rings is 1. The molecule has 1 aliphatic carbocycles. The molecule has 1 aliphatic rings. The molecule has 19 heavy (non-hydrogen) atoms. The van der Waals surface area contributed by atoms with Crippen LogP contribution in [-0.4, -0.2) is 9.78 Å². The van der Waals surface area contributed by atoms with Crippen molar-refractivity contribution in [1.82, 2.24) is 9.78 Å². The number of aromatic nitrogens is 2. The van der Waals surface area contributed by atoms with E-state index in [-0.39, 0.29) is 0 Å². The van der Waals surface area contributed by atoms with E-state index in [0.29, 0.717) is 6.54 Å². The normalized spacial score (nSPS) is 14.5. The summed E-state index contributed by atoms with van der Waals surface area (Å²) in [5.74, 6) is 0. The fourth-order valence-electron chi connectivity index (χ4n) is 3.16. The molecule has 3 nitrogen and oxygen atoms in total. The molecule has 100 valence electrons. The summed E-state index contributed by atoms with van der Waals surface area (Å²) in [5, 5.41) is 4.51. The zero-order valence-corrected chi connectivity index (χ0v) is 11.7. The molecule has 0 unspecified atom stereocenters. The Kier molecular flexibility index (Phi) is 3.15. The van der Waals surface area contributed by atoms with Crippen LogP contribution in [-0.2, 0) is 26.4 Å². The molecule has 0 saturated carbocycles. The Balaban J connectivity index is 2.09. The van der Waals surface area contributed by atoms with Crippen molar-refractivity contribution >= 4 is 0 Å². The first-order valence-electron chi connectivity index (χ1n) is 7.05. The summed E-state index contributed by atoms with van der Waals surface area (Å²) in [6, 6.07) is 6.87. The molecule has 3 heteroatoms. The van der Waals surface area contributed by atoms with E-state index in [2.05, 4.69) is 30.2 Å². The molecular weight excluding hydrogens is 234 g/mol. The highest BCUT2D eigenvalue weighted by Gasteiger charge is 2.15. The third-order valence-electron chi connectivity index (χ3n) is 4.20. The lowest BCUT2D eigenvalue weighted by molar-refractivity contribution is 0.685. The van der Waals surface area contributed by atoms with Gasteiger partial charge in [-0.25, -0.2) is 0 Å². The van der Waals surface area contributed by atoms with Gasteiger partial charge in [0.25, 0.3) is 0 Å². The zero-order chi connectivity index (χ0) is 13.4. The van der Waals surface area contributed by atoms with Gasteiger partial charge in [0.2, 0.25) is 0 Å². The molecular formula is C16H21N3. The summed E-state index contributed by atoms with van der Waals surface area (Å²) in [6.07, 6.45) is 5.08. The van der Waals surface area contributed by atoms with Crippen molar-refractivity contribution in [3.05, 3.63) is 40.6 Å². The van der Waals surface area contributed by atoms with Crippen molar-refractivity contribution in [3.8, 4) is 11.3 Å². The lowest BCUT2D eigenvalue weighted by Crippen LogP contribution is -2.03. The highest BCUT2D eigenvalue weighted by atomic mass is 15.3. The molecule has 1 aromatic heterocycles. The molecule has 1 aromatic carbocycles. The van der Waals surface area contributed by atoms with Gasteiger partial charge < -0.3 is 5.73 Å². The van der Waals surface area contributed by atoms with Crippen LogP contribution in [0.15, 0.2) is 18.2 Å². The van der Waals surface area contributed by atoms with Gasteiger partial charge in [0.1, 0.15) is 0 Å². The largest absolute Gasteiger partial charge is 0.325 e. The molecule has 0 spiro atoms. The summed E-state index contributed by atoms with van der Waals surface area (Å²) in [7, 11) is 2.00. The summed E-state index contributed by atoms with van der Waals surface area (Å²) >= 11 is 0. The lowest BCUT2D eigenvalue weighted by Gasteiger charge is -2.17. The summed E-state index contributed by atoms with van der Waals surface area (Å²) in [6.45, 7) is 2.62. The van der Waals surface area contributed by atoms with Crippen LogP contribution in [0.3, 0.4) is 0 Å². The van der Waals surface area contributed by atoms with Gasteiger partial charge in [-0.3, -0.25) is 4.68 Å². The SMILES string of the molecule is Cc1c(CN)nn(C)c1-c1ccc2c(c1)CCCC2. The average molecular weight is 255 g/mol. The zero-order valence-electron chi connectivity index (χ0n) is 11.7. The smallest absolute Gasteiger partial charge is 0.0795 e. The molecule has 0 atom stereocenters. The lowest BCUT2D eigenvalue weighted by atomic mass is 9.89. The molecule has 0 saturated heterocycles. The fourth-order valence-corrected chi connectivity index (χ4v) is 3.16.